The van der Waals surface area contributed by atoms with Gasteiger partial charge in [-0.3, -0.25) is 0 Å². The standard InChI is InChI=1S/C12H15ClNOSi/c1-9-5-6-12(13)7-11(9)8-14-10(2)15-16(3)4/h5-8H,2H2,1,3-4H3. The number of rotatable bonds is 4. The molecule has 1 rings (SSSR count). The van der Waals surface area contributed by atoms with Crippen LogP contribution in [0.4, 0.5) is 0 Å². The molecule has 0 bridgehead atoms. The number of hydrogen-bond donors (Lipinski definition) is 0. The average Bonchev–Trinajstić information content (AvgIpc) is 2.18. The summed E-state index contributed by atoms with van der Waals surface area (Å²) in [6.45, 7) is 9.82. The van der Waals surface area contributed by atoms with Crippen LogP contribution in [0.1, 0.15) is 11.1 Å². The molecule has 0 aliphatic carbocycles. The van der Waals surface area contributed by atoms with Gasteiger partial charge in [-0.15, -0.1) is 0 Å². The normalized spacial score (nSPS) is 11.1. The van der Waals surface area contributed by atoms with E-state index in [4.69, 9.17) is 16.0 Å². The maximum absolute atomic E-state index is 5.91. The minimum atomic E-state index is -0.794. The molecule has 0 saturated carbocycles. The van der Waals surface area contributed by atoms with Crippen molar-refractivity contribution in [1.82, 2.24) is 0 Å². The van der Waals surface area contributed by atoms with Crippen LogP contribution in [-0.4, -0.2) is 15.3 Å². The van der Waals surface area contributed by atoms with Gasteiger partial charge in [0.05, 0.1) is 0 Å². The van der Waals surface area contributed by atoms with Crippen LogP contribution in [0.3, 0.4) is 0 Å². The fourth-order valence-electron chi connectivity index (χ4n) is 1.15. The summed E-state index contributed by atoms with van der Waals surface area (Å²) >= 11 is 5.91. The van der Waals surface area contributed by atoms with Crippen molar-refractivity contribution in [1.29, 1.82) is 0 Å². The van der Waals surface area contributed by atoms with Crippen LogP contribution >= 0.6 is 11.6 Å². The Morgan fingerprint density at radius 3 is 2.81 bits per heavy atom. The van der Waals surface area contributed by atoms with E-state index < -0.39 is 9.04 Å². The predicted molar refractivity (Wildman–Crippen MR) is 71.5 cm³/mol. The molecule has 0 fully saturated rings. The SMILES string of the molecule is C=C(N=Cc1cc(Cl)ccc1C)O[Si](C)C. The summed E-state index contributed by atoms with van der Waals surface area (Å²) in [5, 5.41) is 0.703. The molecule has 0 atom stereocenters. The summed E-state index contributed by atoms with van der Waals surface area (Å²) in [5.41, 5.74) is 2.11. The molecule has 0 aliphatic heterocycles. The average molecular weight is 253 g/mol. The van der Waals surface area contributed by atoms with Crippen molar-refractivity contribution in [3.63, 3.8) is 0 Å². The second kappa shape index (κ2) is 5.87. The quantitative estimate of drug-likeness (QED) is 0.454. The van der Waals surface area contributed by atoms with Crippen LogP contribution in [0.25, 0.3) is 0 Å². The second-order valence-electron chi connectivity index (χ2n) is 3.66. The first-order valence-electron chi connectivity index (χ1n) is 4.96. The van der Waals surface area contributed by atoms with Gasteiger partial charge in [0.2, 0.25) is 0 Å². The molecule has 0 unspecified atom stereocenters. The zero-order valence-electron chi connectivity index (χ0n) is 9.75. The predicted octanol–water partition coefficient (Wildman–Crippen LogP) is 3.81. The topological polar surface area (TPSA) is 21.6 Å². The molecule has 1 aromatic carbocycles. The Morgan fingerprint density at radius 1 is 1.50 bits per heavy atom. The Balaban J connectivity index is 2.76. The van der Waals surface area contributed by atoms with E-state index in [9.17, 15) is 0 Å². The number of halogens is 1. The van der Waals surface area contributed by atoms with Crippen molar-refractivity contribution < 1.29 is 4.43 Å². The van der Waals surface area contributed by atoms with Gasteiger partial charge in [-0.25, -0.2) is 4.99 Å². The number of nitrogens with zero attached hydrogens (tertiary/aromatic N) is 1. The summed E-state index contributed by atoms with van der Waals surface area (Å²) in [6, 6.07) is 5.69. The first-order valence-corrected chi connectivity index (χ1v) is 7.75. The molecule has 1 aromatic rings. The highest BCUT2D eigenvalue weighted by Gasteiger charge is 2.00. The molecule has 0 N–H and O–H groups in total. The first-order chi connectivity index (χ1) is 7.49. The van der Waals surface area contributed by atoms with Crippen molar-refractivity contribution in [2.45, 2.75) is 20.0 Å². The Bertz CT molecular complexity index is 415. The van der Waals surface area contributed by atoms with Crippen LogP contribution in [-0.2, 0) is 4.43 Å². The Kier molecular flexibility index (Phi) is 4.77. The van der Waals surface area contributed by atoms with Crippen LogP contribution in [0.5, 0.6) is 0 Å². The van der Waals surface area contributed by atoms with E-state index in [1.165, 1.54) is 0 Å². The van der Waals surface area contributed by atoms with Gasteiger partial charge in [0, 0.05) is 11.2 Å². The summed E-state index contributed by atoms with van der Waals surface area (Å²) < 4.78 is 5.42. The van der Waals surface area contributed by atoms with Crippen LogP contribution in [0.15, 0.2) is 35.7 Å². The lowest BCUT2D eigenvalue weighted by molar-refractivity contribution is 0.439. The van der Waals surface area contributed by atoms with Gasteiger partial charge in [-0.05, 0) is 49.9 Å². The molecule has 0 saturated heterocycles. The van der Waals surface area contributed by atoms with Gasteiger partial charge in [0.1, 0.15) is 0 Å². The van der Waals surface area contributed by atoms with Crippen molar-refractivity contribution in [2.24, 2.45) is 4.99 Å². The molecule has 0 aromatic heterocycles. The molecule has 85 valence electrons. The highest BCUT2D eigenvalue weighted by molar-refractivity contribution is 6.48. The summed E-state index contributed by atoms with van der Waals surface area (Å²) in [7, 11) is -0.794. The van der Waals surface area contributed by atoms with E-state index >= 15 is 0 Å². The minimum absolute atomic E-state index is 0.457. The van der Waals surface area contributed by atoms with Crippen molar-refractivity contribution in [2.75, 3.05) is 0 Å². The molecule has 4 heteroatoms. The molecule has 2 nitrogen and oxygen atoms in total. The van der Waals surface area contributed by atoms with Gasteiger partial charge >= 0.3 is 0 Å². The smallest absolute Gasteiger partial charge is 0.276 e. The molecule has 16 heavy (non-hydrogen) atoms. The third kappa shape index (κ3) is 4.21. The fourth-order valence-corrected chi connectivity index (χ4v) is 1.86. The van der Waals surface area contributed by atoms with Crippen LogP contribution < -0.4 is 0 Å². The molecule has 0 heterocycles. The van der Waals surface area contributed by atoms with Crippen molar-refractivity contribution in [3.8, 4) is 0 Å². The third-order valence-electron chi connectivity index (χ3n) is 1.91. The first kappa shape index (κ1) is 13.0. The van der Waals surface area contributed by atoms with Crippen molar-refractivity contribution >= 4 is 26.9 Å². The molecular weight excluding hydrogens is 238 g/mol. The highest BCUT2D eigenvalue weighted by atomic mass is 35.5. The van der Waals surface area contributed by atoms with Gasteiger partial charge in [0.15, 0.2) is 5.88 Å². The van der Waals surface area contributed by atoms with Gasteiger partial charge in [-0.2, -0.15) is 0 Å². The number of aliphatic imine (C=N–C) groups is 1. The Labute approximate surface area is 103 Å². The third-order valence-corrected chi connectivity index (χ3v) is 2.79. The Morgan fingerprint density at radius 2 is 2.19 bits per heavy atom. The molecule has 1 radical (unpaired) electrons. The highest BCUT2D eigenvalue weighted by Crippen LogP contribution is 2.14. The fraction of sp³-hybridized carbons (Fsp3) is 0.250. The second-order valence-corrected chi connectivity index (χ2v) is 6.12. The summed E-state index contributed by atoms with van der Waals surface area (Å²) in [5.74, 6) is 0.457. The van der Waals surface area contributed by atoms with Gasteiger partial charge in [-0.1, -0.05) is 17.7 Å². The Hall–Kier alpha value is -1.06. The summed E-state index contributed by atoms with van der Waals surface area (Å²) in [6.07, 6.45) is 1.73. The molecular formula is C12H15ClNOSi. The lowest BCUT2D eigenvalue weighted by Crippen LogP contribution is -2.05. The van der Waals surface area contributed by atoms with E-state index in [2.05, 4.69) is 11.6 Å². The summed E-state index contributed by atoms with van der Waals surface area (Å²) in [4.78, 5) is 4.16. The maximum Gasteiger partial charge on any atom is 0.276 e. The van der Waals surface area contributed by atoms with E-state index in [1.54, 1.807) is 6.21 Å². The van der Waals surface area contributed by atoms with Gasteiger partial charge < -0.3 is 4.43 Å². The van der Waals surface area contributed by atoms with E-state index in [0.29, 0.717) is 10.9 Å². The lowest BCUT2D eigenvalue weighted by Gasteiger charge is -2.06. The number of aryl methyl sites for hydroxylation is 1. The van der Waals surface area contributed by atoms with E-state index in [-0.39, 0.29) is 0 Å². The minimum Gasteiger partial charge on any atom is -0.530 e. The zero-order valence-corrected chi connectivity index (χ0v) is 11.5. The molecule has 0 amide bonds. The molecule has 0 spiro atoms. The van der Waals surface area contributed by atoms with Gasteiger partial charge in [0.25, 0.3) is 9.04 Å². The van der Waals surface area contributed by atoms with E-state index in [0.717, 1.165) is 11.1 Å². The van der Waals surface area contributed by atoms with Crippen LogP contribution in [0, 0.1) is 6.92 Å². The number of benzene rings is 1. The largest absolute Gasteiger partial charge is 0.530 e. The lowest BCUT2D eigenvalue weighted by atomic mass is 10.1. The van der Waals surface area contributed by atoms with Crippen molar-refractivity contribution in [3.05, 3.63) is 46.8 Å². The van der Waals surface area contributed by atoms with E-state index in [1.807, 2.05) is 38.2 Å². The number of hydrogen-bond acceptors (Lipinski definition) is 2. The zero-order chi connectivity index (χ0) is 12.1. The monoisotopic (exact) mass is 252 g/mol. The maximum atomic E-state index is 5.91. The van der Waals surface area contributed by atoms with Crippen LogP contribution in [0.2, 0.25) is 18.1 Å². The molecule has 0 aliphatic rings.